The van der Waals surface area contributed by atoms with Crippen molar-refractivity contribution < 1.29 is 23.7 Å². The lowest BCUT2D eigenvalue weighted by molar-refractivity contribution is -0.156. The second kappa shape index (κ2) is 9.03. The van der Waals surface area contributed by atoms with E-state index in [4.69, 9.17) is 18.9 Å². The van der Waals surface area contributed by atoms with Crippen molar-refractivity contribution in [3.05, 3.63) is 46.5 Å². The number of ether oxygens (including phenoxy) is 4. The topological polar surface area (TPSA) is 60.5 Å². The Morgan fingerprint density at radius 1 is 0.943 bits per heavy atom. The molecule has 1 saturated heterocycles. The number of benzene rings is 2. The molecule has 0 aromatic heterocycles. The van der Waals surface area contributed by atoms with Gasteiger partial charge in [-0.15, -0.1) is 0 Å². The average Bonchev–Trinajstić information content (AvgIpc) is 2.89. The van der Waals surface area contributed by atoms with Crippen LogP contribution in [-0.4, -0.2) is 63.7 Å². The number of fused-ring (bicyclic) bond motifs is 7. The highest BCUT2D eigenvalue weighted by atomic mass is 16.5. The molecule has 0 radical (unpaired) electrons. The first-order valence-electron chi connectivity index (χ1n) is 12.4. The van der Waals surface area contributed by atoms with Gasteiger partial charge in [-0.2, -0.15) is 0 Å². The Labute approximate surface area is 207 Å². The maximum absolute atomic E-state index is 13.5. The van der Waals surface area contributed by atoms with Crippen molar-refractivity contribution in [2.24, 2.45) is 5.41 Å². The van der Waals surface area contributed by atoms with Crippen LogP contribution in [0.1, 0.15) is 54.7 Å². The predicted octanol–water partition coefficient (Wildman–Crippen LogP) is 4.18. The average molecular weight is 481 g/mol. The van der Waals surface area contributed by atoms with E-state index in [2.05, 4.69) is 34.9 Å². The molecular formula is C28H36N2O5. The van der Waals surface area contributed by atoms with Crippen LogP contribution in [-0.2, 0) is 17.6 Å². The first kappa shape index (κ1) is 23.9. The largest absolute Gasteiger partial charge is 0.493 e. The molecule has 188 valence electrons. The molecule has 0 bridgehead atoms. The van der Waals surface area contributed by atoms with Gasteiger partial charge in [0.15, 0.2) is 23.0 Å². The molecule has 5 rings (SSSR count). The first-order valence-corrected chi connectivity index (χ1v) is 12.4. The minimum Gasteiger partial charge on any atom is -0.493 e. The molecule has 7 nitrogen and oxygen atoms in total. The normalized spacial score (nSPS) is 25.5. The third-order valence-corrected chi connectivity index (χ3v) is 8.51. The van der Waals surface area contributed by atoms with E-state index in [0.29, 0.717) is 12.3 Å². The molecule has 0 spiro atoms. The molecule has 0 aliphatic carbocycles. The van der Waals surface area contributed by atoms with E-state index in [9.17, 15) is 4.79 Å². The van der Waals surface area contributed by atoms with Crippen LogP contribution in [0.5, 0.6) is 23.0 Å². The van der Waals surface area contributed by atoms with Crippen LogP contribution in [0.15, 0.2) is 24.3 Å². The molecule has 7 heteroatoms. The van der Waals surface area contributed by atoms with Crippen molar-refractivity contribution in [3.63, 3.8) is 0 Å². The van der Waals surface area contributed by atoms with Crippen LogP contribution in [0.3, 0.4) is 0 Å². The molecule has 3 aliphatic heterocycles. The van der Waals surface area contributed by atoms with Crippen LogP contribution in [0.2, 0.25) is 0 Å². The summed E-state index contributed by atoms with van der Waals surface area (Å²) in [5.74, 6) is 3.17. The number of hydrogen-bond donors (Lipinski definition) is 0. The number of hydrogen-bond acceptors (Lipinski definition) is 7. The van der Waals surface area contributed by atoms with Crippen molar-refractivity contribution in [1.29, 1.82) is 0 Å². The summed E-state index contributed by atoms with van der Waals surface area (Å²) < 4.78 is 22.9. The van der Waals surface area contributed by atoms with Crippen molar-refractivity contribution in [2.45, 2.75) is 45.3 Å². The number of Topliss-reactive ketones (excluding diaryl/α,β-unsaturated/α-hetero) is 1. The highest BCUT2D eigenvalue weighted by molar-refractivity contribution is 5.84. The minimum atomic E-state index is -0.542. The molecule has 3 heterocycles. The molecule has 0 saturated carbocycles. The number of carbonyl (C=O) groups is 1. The fraction of sp³-hybridized carbons (Fsp3) is 0.536. The minimum absolute atomic E-state index is 0.0478. The Morgan fingerprint density at radius 2 is 1.63 bits per heavy atom. The van der Waals surface area contributed by atoms with Crippen molar-refractivity contribution in [2.75, 3.05) is 48.1 Å². The first-order chi connectivity index (χ1) is 16.9. The zero-order valence-electron chi connectivity index (χ0n) is 21.6. The van der Waals surface area contributed by atoms with Crippen molar-refractivity contribution in [1.82, 2.24) is 9.80 Å². The van der Waals surface area contributed by atoms with E-state index in [0.717, 1.165) is 55.2 Å². The maximum Gasteiger partial charge on any atom is 0.165 e. The van der Waals surface area contributed by atoms with E-state index in [1.165, 1.54) is 16.7 Å². The monoisotopic (exact) mass is 480 g/mol. The van der Waals surface area contributed by atoms with E-state index in [1.807, 2.05) is 6.07 Å². The van der Waals surface area contributed by atoms with Gasteiger partial charge in [-0.1, -0.05) is 13.0 Å². The zero-order valence-corrected chi connectivity index (χ0v) is 21.6. The summed E-state index contributed by atoms with van der Waals surface area (Å²) in [6.07, 6.45) is 2.60. The third kappa shape index (κ3) is 3.43. The highest BCUT2D eigenvalue weighted by Gasteiger charge is 2.57. The van der Waals surface area contributed by atoms with Crippen LogP contribution in [0.4, 0.5) is 0 Å². The number of rotatable bonds is 6. The Bertz CT molecular complexity index is 1150. The molecule has 3 aliphatic rings. The molecule has 0 N–H and O–H groups in total. The summed E-state index contributed by atoms with van der Waals surface area (Å²) >= 11 is 0. The number of ketones is 1. The Balaban J connectivity index is 1.74. The summed E-state index contributed by atoms with van der Waals surface area (Å²) in [4.78, 5) is 18.5. The van der Waals surface area contributed by atoms with Crippen LogP contribution in [0, 0.1) is 5.41 Å². The Kier molecular flexibility index (Phi) is 6.18. The number of nitrogens with zero attached hydrogens (tertiary/aromatic N) is 2. The van der Waals surface area contributed by atoms with E-state index < -0.39 is 5.41 Å². The summed E-state index contributed by atoms with van der Waals surface area (Å²) in [6, 6.07) is 8.27. The predicted molar refractivity (Wildman–Crippen MR) is 134 cm³/mol. The van der Waals surface area contributed by atoms with Crippen LogP contribution < -0.4 is 18.9 Å². The molecule has 0 amide bonds. The second-order valence-electron chi connectivity index (χ2n) is 9.83. The zero-order chi connectivity index (χ0) is 24.9. The van der Waals surface area contributed by atoms with Gasteiger partial charge < -0.3 is 18.9 Å². The van der Waals surface area contributed by atoms with Gasteiger partial charge in [-0.05, 0) is 61.1 Å². The molecule has 35 heavy (non-hydrogen) atoms. The van der Waals surface area contributed by atoms with Crippen LogP contribution >= 0.6 is 0 Å². The SMILES string of the molecule is CCC1(C(C)=O)CN2CCc3cc(OC)c(OC)cc3C2N2CCc3ccc(OC)c(OC)c3C21. The standard InChI is InChI=1S/C28H36N2O5/c1-7-28(17(2)31)16-29-12-10-19-14-22(33-4)23(34-5)15-20(19)27(29)30-13-11-18-8-9-21(32-3)25(35-6)24(18)26(28)30/h8-9,14-15,26-27H,7,10-13,16H2,1-6H3. The van der Waals surface area contributed by atoms with E-state index in [1.54, 1.807) is 35.4 Å². The third-order valence-electron chi connectivity index (χ3n) is 8.51. The molecular weight excluding hydrogens is 444 g/mol. The molecule has 2 aromatic rings. The van der Waals surface area contributed by atoms with E-state index >= 15 is 0 Å². The fourth-order valence-electron chi connectivity index (χ4n) is 6.75. The van der Waals surface area contributed by atoms with Gasteiger partial charge >= 0.3 is 0 Å². The molecule has 3 atom stereocenters. The van der Waals surface area contributed by atoms with Crippen LogP contribution in [0.25, 0.3) is 0 Å². The molecule has 2 aromatic carbocycles. The Hall–Kier alpha value is -2.77. The summed E-state index contributed by atoms with van der Waals surface area (Å²) in [5.41, 5.74) is 4.30. The van der Waals surface area contributed by atoms with Gasteiger partial charge in [-0.25, -0.2) is 0 Å². The lowest BCUT2D eigenvalue weighted by atomic mass is 9.65. The molecule has 1 fully saturated rings. The number of methoxy groups -OCH3 is 4. The summed E-state index contributed by atoms with van der Waals surface area (Å²) in [7, 11) is 6.73. The molecule has 3 unspecified atom stereocenters. The van der Waals surface area contributed by atoms with Gasteiger partial charge in [0, 0.05) is 25.2 Å². The van der Waals surface area contributed by atoms with Gasteiger partial charge in [0.05, 0.1) is 46.1 Å². The quantitative estimate of drug-likeness (QED) is 0.615. The lowest BCUT2D eigenvalue weighted by Crippen LogP contribution is -2.63. The van der Waals surface area contributed by atoms with Gasteiger partial charge in [0.1, 0.15) is 5.78 Å². The van der Waals surface area contributed by atoms with E-state index in [-0.39, 0.29) is 18.0 Å². The number of carbonyl (C=O) groups excluding carboxylic acids is 1. The van der Waals surface area contributed by atoms with Crippen molar-refractivity contribution >= 4 is 5.78 Å². The lowest BCUT2D eigenvalue weighted by Gasteiger charge is -2.60. The second-order valence-corrected chi connectivity index (χ2v) is 9.83. The smallest absolute Gasteiger partial charge is 0.165 e. The van der Waals surface area contributed by atoms with Gasteiger partial charge in [0.2, 0.25) is 0 Å². The van der Waals surface area contributed by atoms with Gasteiger partial charge in [0.25, 0.3) is 0 Å². The Morgan fingerprint density at radius 3 is 2.26 bits per heavy atom. The summed E-state index contributed by atoms with van der Waals surface area (Å²) in [5, 5.41) is 0. The maximum atomic E-state index is 13.5. The summed E-state index contributed by atoms with van der Waals surface area (Å²) in [6.45, 7) is 6.37. The van der Waals surface area contributed by atoms with Gasteiger partial charge in [-0.3, -0.25) is 14.6 Å². The fourth-order valence-corrected chi connectivity index (χ4v) is 6.75. The van der Waals surface area contributed by atoms with Crippen molar-refractivity contribution in [3.8, 4) is 23.0 Å². The highest BCUT2D eigenvalue weighted by Crippen LogP contribution is 2.58.